The molecule has 0 aliphatic heterocycles. The first-order valence-electron chi connectivity index (χ1n) is 6.41. The van der Waals surface area contributed by atoms with Crippen LogP contribution in [0.3, 0.4) is 0 Å². The van der Waals surface area contributed by atoms with Crippen molar-refractivity contribution in [1.29, 1.82) is 0 Å². The molecule has 0 fully saturated rings. The van der Waals surface area contributed by atoms with Gasteiger partial charge in [0.15, 0.2) is 0 Å². The Morgan fingerprint density at radius 3 is 2.86 bits per heavy atom. The van der Waals surface area contributed by atoms with Crippen LogP contribution in [0.2, 0.25) is 0 Å². The second-order valence-corrected chi connectivity index (χ2v) is 6.36. The van der Waals surface area contributed by atoms with Gasteiger partial charge in [-0.05, 0) is 12.1 Å². The number of nitrogens with one attached hydrogen (secondary N) is 3. The first-order valence-corrected chi connectivity index (χ1v) is 8.06. The Hall–Kier alpha value is -2.13. The lowest BCUT2D eigenvalue weighted by Gasteiger charge is -2.10. The SMILES string of the molecule is CCNS(=O)(=O)CCNc1cc2nc[nH]c(=O)c2cc1N. The normalized spacial score (nSPS) is 11.7. The molecule has 2 rings (SSSR count). The fraction of sp³-hybridized carbons (Fsp3) is 0.333. The molecule has 0 radical (unpaired) electrons. The van der Waals surface area contributed by atoms with E-state index in [2.05, 4.69) is 20.0 Å². The molecule has 1 aromatic carbocycles. The van der Waals surface area contributed by atoms with Gasteiger partial charge in [-0.2, -0.15) is 0 Å². The lowest BCUT2D eigenvalue weighted by Crippen LogP contribution is -2.29. The third-order valence-electron chi connectivity index (χ3n) is 2.86. The first kappa shape index (κ1) is 15.3. The van der Waals surface area contributed by atoms with Crippen LogP contribution in [0, 0.1) is 0 Å². The number of nitrogens with zero attached hydrogens (tertiary/aromatic N) is 1. The van der Waals surface area contributed by atoms with Crippen molar-refractivity contribution in [2.24, 2.45) is 0 Å². The molecule has 1 aromatic heterocycles. The van der Waals surface area contributed by atoms with Gasteiger partial charge in [0.2, 0.25) is 10.0 Å². The number of anilines is 2. The summed E-state index contributed by atoms with van der Waals surface area (Å²) in [5.41, 5.74) is 6.99. The van der Waals surface area contributed by atoms with E-state index in [0.29, 0.717) is 28.8 Å². The van der Waals surface area contributed by atoms with Crippen LogP contribution in [-0.2, 0) is 10.0 Å². The average molecular weight is 311 g/mol. The molecule has 0 saturated carbocycles. The standard InChI is InChI=1S/C12H17N5O3S/c1-2-17-21(19,20)4-3-14-11-6-10-8(5-9(11)13)12(18)16-7-15-10/h5-7,14,17H,2-4,13H2,1H3,(H,15,16,18). The summed E-state index contributed by atoms with van der Waals surface area (Å²) >= 11 is 0. The number of aromatic nitrogens is 2. The maximum Gasteiger partial charge on any atom is 0.258 e. The smallest absolute Gasteiger partial charge is 0.258 e. The number of hydrogen-bond acceptors (Lipinski definition) is 6. The van der Waals surface area contributed by atoms with Gasteiger partial charge in [0.05, 0.1) is 34.4 Å². The number of hydrogen-bond donors (Lipinski definition) is 4. The molecule has 0 aliphatic carbocycles. The molecule has 0 spiro atoms. The summed E-state index contributed by atoms with van der Waals surface area (Å²) in [4.78, 5) is 18.1. The van der Waals surface area contributed by atoms with Crippen LogP contribution in [0.15, 0.2) is 23.3 Å². The highest BCUT2D eigenvalue weighted by atomic mass is 32.2. The average Bonchev–Trinajstić information content (AvgIpc) is 2.40. The largest absolute Gasteiger partial charge is 0.397 e. The fourth-order valence-electron chi connectivity index (χ4n) is 1.90. The molecule has 0 bridgehead atoms. The van der Waals surface area contributed by atoms with E-state index < -0.39 is 10.0 Å². The minimum Gasteiger partial charge on any atom is -0.397 e. The third-order valence-corrected chi connectivity index (χ3v) is 4.33. The van der Waals surface area contributed by atoms with Crippen LogP contribution in [0.25, 0.3) is 10.9 Å². The molecule has 0 amide bonds. The fourth-order valence-corrected chi connectivity index (χ4v) is 2.85. The zero-order valence-corrected chi connectivity index (χ0v) is 12.3. The number of H-pyrrole nitrogens is 1. The zero-order valence-electron chi connectivity index (χ0n) is 11.5. The monoisotopic (exact) mass is 311 g/mol. The molecule has 9 heteroatoms. The maximum atomic E-state index is 11.6. The number of fused-ring (bicyclic) bond motifs is 1. The van der Waals surface area contributed by atoms with E-state index in [4.69, 9.17) is 5.73 Å². The van der Waals surface area contributed by atoms with Crippen LogP contribution < -0.4 is 21.3 Å². The molecule has 1 heterocycles. The lowest BCUT2D eigenvalue weighted by molar-refractivity contribution is 0.584. The predicted molar refractivity (Wildman–Crippen MR) is 82.7 cm³/mol. The van der Waals surface area contributed by atoms with E-state index in [1.165, 1.54) is 12.4 Å². The highest BCUT2D eigenvalue weighted by molar-refractivity contribution is 7.89. The van der Waals surface area contributed by atoms with Gasteiger partial charge in [-0.15, -0.1) is 0 Å². The van der Waals surface area contributed by atoms with Crippen molar-refractivity contribution >= 4 is 32.3 Å². The minimum absolute atomic E-state index is 0.0683. The zero-order chi connectivity index (χ0) is 15.5. The number of benzene rings is 1. The van der Waals surface area contributed by atoms with Gasteiger partial charge < -0.3 is 16.0 Å². The number of sulfonamides is 1. The lowest BCUT2D eigenvalue weighted by atomic mass is 10.2. The van der Waals surface area contributed by atoms with Gasteiger partial charge in [0, 0.05) is 13.1 Å². The Kier molecular flexibility index (Phi) is 4.43. The summed E-state index contributed by atoms with van der Waals surface area (Å²) in [6.07, 6.45) is 1.31. The summed E-state index contributed by atoms with van der Waals surface area (Å²) in [7, 11) is -3.29. The molecular weight excluding hydrogens is 294 g/mol. The first-order chi connectivity index (χ1) is 9.93. The van der Waals surface area contributed by atoms with Crippen molar-refractivity contribution < 1.29 is 8.42 Å². The number of aromatic amines is 1. The van der Waals surface area contributed by atoms with Crippen molar-refractivity contribution in [3.05, 3.63) is 28.8 Å². The van der Waals surface area contributed by atoms with Crippen LogP contribution in [0.1, 0.15) is 6.92 Å². The molecule has 114 valence electrons. The van der Waals surface area contributed by atoms with Crippen molar-refractivity contribution in [1.82, 2.24) is 14.7 Å². The Morgan fingerprint density at radius 1 is 1.38 bits per heavy atom. The quantitative estimate of drug-likeness (QED) is 0.549. The van der Waals surface area contributed by atoms with E-state index in [1.54, 1.807) is 13.0 Å². The summed E-state index contributed by atoms with van der Waals surface area (Å²) < 4.78 is 25.4. The Bertz CT molecular complexity index is 800. The van der Waals surface area contributed by atoms with E-state index >= 15 is 0 Å². The predicted octanol–water partition coefficient (Wildman–Crippen LogP) is -0.143. The molecule has 2 aromatic rings. The molecular formula is C12H17N5O3S. The molecule has 8 nitrogen and oxygen atoms in total. The van der Waals surface area contributed by atoms with Crippen molar-refractivity contribution in [2.75, 3.05) is 29.9 Å². The Balaban J connectivity index is 2.16. The van der Waals surface area contributed by atoms with Crippen molar-refractivity contribution in [2.45, 2.75) is 6.92 Å². The van der Waals surface area contributed by atoms with E-state index in [-0.39, 0.29) is 17.9 Å². The van der Waals surface area contributed by atoms with E-state index in [0.717, 1.165) is 0 Å². The van der Waals surface area contributed by atoms with Gasteiger partial charge in [0.25, 0.3) is 5.56 Å². The minimum atomic E-state index is -3.29. The van der Waals surface area contributed by atoms with Crippen molar-refractivity contribution in [3.8, 4) is 0 Å². The molecule has 5 N–H and O–H groups in total. The van der Waals surface area contributed by atoms with Crippen LogP contribution in [0.5, 0.6) is 0 Å². The van der Waals surface area contributed by atoms with Gasteiger partial charge in [-0.1, -0.05) is 6.92 Å². The Labute approximate surface area is 121 Å². The summed E-state index contributed by atoms with van der Waals surface area (Å²) in [5.74, 6) is -0.0683. The second kappa shape index (κ2) is 6.10. The molecule has 0 atom stereocenters. The molecule has 21 heavy (non-hydrogen) atoms. The van der Waals surface area contributed by atoms with Crippen LogP contribution in [-0.4, -0.2) is 37.2 Å². The topological polar surface area (TPSA) is 130 Å². The molecule has 0 saturated heterocycles. The number of nitrogens with two attached hydrogens (primary N) is 1. The highest BCUT2D eigenvalue weighted by Gasteiger charge is 2.09. The van der Waals surface area contributed by atoms with E-state index in [1.807, 2.05) is 0 Å². The van der Waals surface area contributed by atoms with E-state index in [9.17, 15) is 13.2 Å². The van der Waals surface area contributed by atoms with Gasteiger partial charge in [0.1, 0.15) is 0 Å². The van der Waals surface area contributed by atoms with Crippen molar-refractivity contribution in [3.63, 3.8) is 0 Å². The second-order valence-electron chi connectivity index (χ2n) is 4.43. The van der Waals surface area contributed by atoms with Crippen LogP contribution >= 0.6 is 0 Å². The van der Waals surface area contributed by atoms with Gasteiger partial charge in [-0.3, -0.25) is 4.79 Å². The molecule has 0 aliphatic rings. The van der Waals surface area contributed by atoms with Gasteiger partial charge in [-0.25, -0.2) is 18.1 Å². The molecule has 0 unspecified atom stereocenters. The maximum absolute atomic E-state index is 11.6. The summed E-state index contributed by atoms with van der Waals surface area (Å²) in [6, 6.07) is 3.14. The number of rotatable bonds is 6. The third kappa shape index (κ3) is 3.70. The van der Waals surface area contributed by atoms with Crippen LogP contribution in [0.4, 0.5) is 11.4 Å². The highest BCUT2D eigenvalue weighted by Crippen LogP contribution is 2.22. The summed E-state index contributed by atoms with van der Waals surface area (Å²) in [6.45, 7) is 2.27. The Morgan fingerprint density at radius 2 is 2.14 bits per heavy atom. The number of nitrogen functional groups attached to an aromatic ring is 1. The summed E-state index contributed by atoms with van der Waals surface area (Å²) in [5, 5.41) is 3.33. The van der Waals surface area contributed by atoms with Gasteiger partial charge >= 0.3 is 0 Å².